The van der Waals surface area contributed by atoms with Crippen LogP contribution in [0.25, 0.3) is 11.4 Å². The van der Waals surface area contributed by atoms with E-state index < -0.39 is 0 Å². The molecule has 0 spiro atoms. The van der Waals surface area contributed by atoms with Gasteiger partial charge >= 0.3 is 0 Å². The van der Waals surface area contributed by atoms with E-state index in [1.54, 1.807) is 60.1 Å². The molecule has 9 heteroatoms. The molecule has 1 heterocycles. The lowest BCUT2D eigenvalue weighted by Gasteiger charge is -2.11. The van der Waals surface area contributed by atoms with Crippen LogP contribution in [-0.2, 0) is 11.8 Å². The summed E-state index contributed by atoms with van der Waals surface area (Å²) in [6.45, 7) is 0. The third-order valence-corrected chi connectivity index (χ3v) is 5.77. The van der Waals surface area contributed by atoms with Gasteiger partial charge in [0.15, 0.2) is 11.0 Å². The van der Waals surface area contributed by atoms with Crippen LogP contribution in [0.2, 0.25) is 0 Å². The van der Waals surface area contributed by atoms with Crippen LogP contribution >= 0.6 is 11.8 Å². The third-order valence-electron chi connectivity index (χ3n) is 4.75. The first-order chi connectivity index (χ1) is 16.0. The smallest absolute Gasteiger partial charge is 0.257 e. The van der Waals surface area contributed by atoms with Gasteiger partial charge in [-0.05, 0) is 48.5 Å². The maximum Gasteiger partial charge on any atom is 0.257 e. The molecule has 0 radical (unpaired) electrons. The van der Waals surface area contributed by atoms with E-state index in [1.807, 2.05) is 18.2 Å². The minimum absolute atomic E-state index is 0.0734. The minimum Gasteiger partial charge on any atom is -0.325 e. The summed E-state index contributed by atoms with van der Waals surface area (Å²) >= 11 is 1.21. The number of aromatic nitrogens is 3. The van der Waals surface area contributed by atoms with Crippen molar-refractivity contribution in [2.75, 3.05) is 16.4 Å². The quantitative estimate of drug-likeness (QED) is 0.393. The first-order valence-corrected chi connectivity index (χ1v) is 11.0. The van der Waals surface area contributed by atoms with E-state index in [-0.39, 0.29) is 23.4 Å². The average Bonchev–Trinajstić information content (AvgIpc) is 3.19. The molecule has 2 N–H and O–H groups in total. The molecule has 2 amide bonds. The van der Waals surface area contributed by atoms with Crippen LogP contribution in [0.15, 0.2) is 84.0 Å². The van der Waals surface area contributed by atoms with Crippen LogP contribution in [-0.4, -0.2) is 32.3 Å². The van der Waals surface area contributed by atoms with Crippen molar-refractivity contribution in [3.8, 4) is 11.4 Å². The van der Waals surface area contributed by atoms with Gasteiger partial charge in [-0.1, -0.05) is 42.1 Å². The number of amides is 2. The number of hydrogen-bond donors (Lipinski definition) is 2. The van der Waals surface area contributed by atoms with Crippen LogP contribution in [0.1, 0.15) is 10.4 Å². The molecule has 0 aliphatic carbocycles. The van der Waals surface area contributed by atoms with E-state index in [0.29, 0.717) is 27.9 Å². The summed E-state index contributed by atoms with van der Waals surface area (Å²) in [7, 11) is 1.78. The number of rotatable bonds is 7. The zero-order valence-corrected chi connectivity index (χ0v) is 18.5. The molecule has 33 heavy (non-hydrogen) atoms. The van der Waals surface area contributed by atoms with Crippen molar-refractivity contribution < 1.29 is 14.0 Å². The Morgan fingerprint density at radius 1 is 0.909 bits per heavy atom. The van der Waals surface area contributed by atoms with Crippen LogP contribution in [0.5, 0.6) is 0 Å². The van der Waals surface area contributed by atoms with E-state index in [4.69, 9.17) is 0 Å². The highest BCUT2D eigenvalue weighted by Gasteiger charge is 2.16. The molecule has 4 aromatic rings. The van der Waals surface area contributed by atoms with Crippen molar-refractivity contribution in [2.45, 2.75) is 5.16 Å². The van der Waals surface area contributed by atoms with Gasteiger partial charge in [0.1, 0.15) is 5.82 Å². The molecule has 3 aromatic carbocycles. The van der Waals surface area contributed by atoms with Crippen molar-refractivity contribution in [3.63, 3.8) is 0 Å². The third kappa shape index (κ3) is 5.45. The van der Waals surface area contributed by atoms with Crippen molar-refractivity contribution >= 4 is 35.0 Å². The van der Waals surface area contributed by atoms with Gasteiger partial charge in [0.2, 0.25) is 5.91 Å². The maximum atomic E-state index is 13.2. The lowest BCUT2D eigenvalue weighted by atomic mass is 10.1. The standard InChI is InChI=1S/C24H20FN5O2S/c1-30-22(16-11-13-17(25)14-12-16)28-29-24(30)33-15-21(31)27-20-10-6-5-9-19(20)23(32)26-18-7-3-2-4-8-18/h2-14H,15H2,1H3,(H,26,32)(H,27,31). The van der Waals surface area contributed by atoms with Crippen molar-refractivity contribution in [2.24, 2.45) is 7.05 Å². The molecule has 0 atom stereocenters. The fourth-order valence-corrected chi connectivity index (χ4v) is 3.83. The Morgan fingerprint density at radius 2 is 1.61 bits per heavy atom. The van der Waals surface area contributed by atoms with E-state index >= 15 is 0 Å². The molecule has 0 bridgehead atoms. The van der Waals surface area contributed by atoms with Gasteiger partial charge in [-0.25, -0.2) is 4.39 Å². The number of halogens is 1. The van der Waals surface area contributed by atoms with Gasteiger partial charge < -0.3 is 15.2 Å². The summed E-state index contributed by atoms with van der Waals surface area (Å²) in [6, 6.07) is 21.9. The lowest BCUT2D eigenvalue weighted by Crippen LogP contribution is -2.19. The summed E-state index contributed by atoms with van der Waals surface area (Å²) in [5.74, 6) is -0.289. The average molecular weight is 462 g/mol. The van der Waals surface area contributed by atoms with Crippen LogP contribution < -0.4 is 10.6 Å². The largest absolute Gasteiger partial charge is 0.325 e. The molecular weight excluding hydrogens is 441 g/mol. The minimum atomic E-state index is -0.329. The van der Waals surface area contributed by atoms with Gasteiger partial charge in [0, 0.05) is 18.3 Å². The predicted octanol–water partition coefficient (Wildman–Crippen LogP) is 4.60. The molecule has 0 fully saturated rings. The maximum absolute atomic E-state index is 13.2. The lowest BCUT2D eigenvalue weighted by molar-refractivity contribution is -0.113. The number of anilines is 2. The molecule has 0 aliphatic rings. The molecule has 0 unspecified atom stereocenters. The number of nitrogens with one attached hydrogen (secondary N) is 2. The Bertz CT molecular complexity index is 1280. The number of para-hydroxylation sites is 2. The van der Waals surface area contributed by atoms with E-state index in [0.717, 1.165) is 5.56 Å². The molecule has 0 aliphatic heterocycles. The molecular formula is C24H20FN5O2S. The van der Waals surface area contributed by atoms with E-state index in [9.17, 15) is 14.0 Å². The highest BCUT2D eigenvalue weighted by molar-refractivity contribution is 7.99. The number of nitrogens with zero attached hydrogens (tertiary/aromatic N) is 3. The predicted molar refractivity (Wildman–Crippen MR) is 127 cm³/mol. The van der Waals surface area contributed by atoms with E-state index in [2.05, 4.69) is 20.8 Å². The number of carbonyl (C=O) groups is 2. The molecule has 4 rings (SSSR count). The van der Waals surface area contributed by atoms with Crippen LogP contribution in [0, 0.1) is 5.82 Å². The Morgan fingerprint density at radius 3 is 2.36 bits per heavy atom. The number of benzene rings is 3. The van der Waals surface area contributed by atoms with Crippen molar-refractivity contribution in [1.29, 1.82) is 0 Å². The molecule has 0 saturated carbocycles. The highest BCUT2D eigenvalue weighted by atomic mass is 32.2. The summed E-state index contributed by atoms with van der Waals surface area (Å²) < 4.78 is 14.9. The Balaban J connectivity index is 1.40. The highest BCUT2D eigenvalue weighted by Crippen LogP contribution is 2.23. The summed E-state index contributed by atoms with van der Waals surface area (Å²) in [5, 5.41) is 14.4. The second-order valence-electron chi connectivity index (χ2n) is 7.07. The Kier molecular flexibility index (Phi) is 6.80. The fourth-order valence-electron chi connectivity index (χ4n) is 3.12. The van der Waals surface area contributed by atoms with Gasteiger partial charge in [-0.2, -0.15) is 0 Å². The normalized spacial score (nSPS) is 10.6. The fraction of sp³-hybridized carbons (Fsp3) is 0.0833. The van der Waals surface area contributed by atoms with Crippen LogP contribution in [0.4, 0.5) is 15.8 Å². The topological polar surface area (TPSA) is 88.9 Å². The number of thioether (sulfide) groups is 1. The molecule has 166 valence electrons. The first kappa shape index (κ1) is 22.2. The van der Waals surface area contributed by atoms with Crippen LogP contribution in [0.3, 0.4) is 0 Å². The summed E-state index contributed by atoms with van der Waals surface area (Å²) in [6.07, 6.45) is 0. The summed E-state index contributed by atoms with van der Waals surface area (Å²) in [5.41, 5.74) is 2.16. The Hall–Kier alpha value is -3.98. The van der Waals surface area contributed by atoms with Gasteiger partial charge in [-0.15, -0.1) is 10.2 Å². The molecule has 7 nitrogen and oxygen atoms in total. The van der Waals surface area contributed by atoms with Gasteiger partial charge in [0.25, 0.3) is 5.91 Å². The van der Waals surface area contributed by atoms with Gasteiger partial charge in [-0.3, -0.25) is 9.59 Å². The molecule has 1 aromatic heterocycles. The Labute approximate surface area is 194 Å². The monoisotopic (exact) mass is 461 g/mol. The molecule has 0 saturated heterocycles. The van der Waals surface area contributed by atoms with Crippen molar-refractivity contribution in [1.82, 2.24) is 14.8 Å². The van der Waals surface area contributed by atoms with Crippen molar-refractivity contribution in [3.05, 3.63) is 90.2 Å². The van der Waals surface area contributed by atoms with E-state index in [1.165, 1.54) is 23.9 Å². The number of hydrogen-bond acceptors (Lipinski definition) is 5. The zero-order valence-electron chi connectivity index (χ0n) is 17.7. The summed E-state index contributed by atoms with van der Waals surface area (Å²) in [4.78, 5) is 25.3. The second-order valence-corrected chi connectivity index (χ2v) is 8.02. The zero-order chi connectivity index (χ0) is 23.2. The number of carbonyl (C=O) groups excluding carboxylic acids is 2. The van der Waals surface area contributed by atoms with Gasteiger partial charge in [0.05, 0.1) is 17.0 Å². The SMILES string of the molecule is Cn1c(SCC(=O)Nc2ccccc2C(=O)Nc2ccccc2)nnc1-c1ccc(F)cc1. The first-order valence-electron chi connectivity index (χ1n) is 10.0. The second kappa shape index (κ2) is 10.1.